The molecule has 3 N–H and O–H groups in total. The van der Waals surface area contributed by atoms with Crippen LogP contribution < -0.4 is 0 Å². The zero-order chi connectivity index (χ0) is 12.9. The van der Waals surface area contributed by atoms with Crippen LogP contribution in [-0.2, 0) is 9.53 Å². The highest BCUT2D eigenvalue weighted by atomic mass is 16.5. The average Bonchev–Trinajstić information content (AvgIpc) is 2.15. The van der Waals surface area contributed by atoms with Crippen LogP contribution in [-0.4, -0.2) is 71.2 Å². The number of rotatable bonds is 6. The Morgan fingerprint density at radius 2 is 2.06 bits per heavy atom. The van der Waals surface area contributed by atoms with E-state index in [9.17, 15) is 15.0 Å². The Balaban J connectivity index is 2.32. The van der Waals surface area contributed by atoms with Crippen LogP contribution in [0.4, 0.5) is 0 Å². The summed E-state index contributed by atoms with van der Waals surface area (Å²) in [5.41, 5.74) is -0.782. The molecule has 6 nitrogen and oxygen atoms in total. The van der Waals surface area contributed by atoms with Crippen molar-refractivity contribution in [2.75, 3.05) is 33.4 Å². The summed E-state index contributed by atoms with van der Waals surface area (Å²) in [5.74, 6) is -1.02. The standard InChI is InChI=1S/C11H21NO5/c1-12(7-9(13)6-10(14)15)8-11(16)2-4-17-5-3-11/h9,13,16H,2-8H2,1H3,(H,14,15). The van der Waals surface area contributed by atoms with Gasteiger partial charge in [0, 0.05) is 39.1 Å². The molecule has 1 fully saturated rings. The number of aliphatic carboxylic acids is 1. The van der Waals surface area contributed by atoms with E-state index in [1.54, 1.807) is 11.9 Å². The molecule has 1 heterocycles. The second-order valence-corrected chi connectivity index (χ2v) is 4.79. The zero-order valence-corrected chi connectivity index (χ0v) is 10.1. The number of ether oxygens (including phenoxy) is 1. The quantitative estimate of drug-likeness (QED) is 0.575. The minimum atomic E-state index is -1.02. The first-order chi connectivity index (χ1) is 7.91. The molecule has 6 heteroatoms. The summed E-state index contributed by atoms with van der Waals surface area (Å²) in [6.45, 7) is 1.76. The summed E-state index contributed by atoms with van der Waals surface area (Å²) in [4.78, 5) is 12.2. The lowest BCUT2D eigenvalue weighted by molar-refractivity contribution is -0.139. The number of aliphatic hydroxyl groups is 2. The molecule has 0 aliphatic carbocycles. The second kappa shape index (κ2) is 6.30. The van der Waals surface area contributed by atoms with Gasteiger partial charge in [0.2, 0.25) is 0 Å². The van der Waals surface area contributed by atoms with Gasteiger partial charge in [-0.05, 0) is 7.05 Å². The van der Waals surface area contributed by atoms with Crippen LogP contribution in [0.3, 0.4) is 0 Å². The van der Waals surface area contributed by atoms with Crippen molar-refractivity contribution in [1.29, 1.82) is 0 Å². The minimum Gasteiger partial charge on any atom is -0.481 e. The third-order valence-electron chi connectivity index (χ3n) is 2.92. The monoisotopic (exact) mass is 247 g/mol. The van der Waals surface area contributed by atoms with Crippen LogP contribution in [0.2, 0.25) is 0 Å². The number of carboxylic acids is 1. The van der Waals surface area contributed by atoms with E-state index in [1.165, 1.54) is 0 Å². The lowest BCUT2D eigenvalue weighted by Crippen LogP contribution is -2.47. The summed E-state index contributed by atoms with van der Waals surface area (Å²) in [5, 5.41) is 28.2. The second-order valence-electron chi connectivity index (χ2n) is 4.79. The van der Waals surface area contributed by atoms with Gasteiger partial charge in [0.05, 0.1) is 18.1 Å². The van der Waals surface area contributed by atoms with E-state index in [4.69, 9.17) is 9.84 Å². The SMILES string of the molecule is CN(CC(O)CC(=O)O)CC1(O)CCOCC1. The first-order valence-electron chi connectivity index (χ1n) is 5.80. The number of carbonyl (C=O) groups is 1. The summed E-state index contributed by atoms with van der Waals surface area (Å²) >= 11 is 0. The van der Waals surface area contributed by atoms with E-state index >= 15 is 0 Å². The molecular formula is C11H21NO5. The van der Waals surface area contributed by atoms with Crippen molar-refractivity contribution in [1.82, 2.24) is 4.90 Å². The highest BCUT2D eigenvalue weighted by molar-refractivity contribution is 5.67. The van der Waals surface area contributed by atoms with Crippen LogP contribution >= 0.6 is 0 Å². The summed E-state index contributed by atoms with van der Waals surface area (Å²) in [6, 6.07) is 0. The zero-order valence-electron chi connectivity index (χ0n) is 10.1. The predicted octanol–water partition coefficient (Wildman–Crippen LogP) is -0.705. The van der Waals surface area contributed by atoms with Crippen molar-refractivity contribution >= 4 is 5.97 Å². The Labute approximate surface area is 101 Å². The van der Waals surface area contributed by atoms with Gasteiger partial charge < -0.3 is 25.0 Å². The molecule has 1 unspecified atom stereocenters. The third kappa shape index (κ3) is 5.45. The number of likely N-dealkylation sites (N-methyl/N-ethyl adjacent to an activating group) is 1. The molecule has 1 aliphatic rings. The van der Waals surface area contributed by atoms with Crippen LogP contribution in [0, 0.1) is 0 Å². The Morgan fingerprint density at radius 3 is 2.59 bits per heavy atom. The number of hydrogen-bond donors (Lipinski definition) is 3. The predicted molar refractivity (Wildman–Crippen MR) is 60.8 cm³/mol. The Hall–Kier alpha value is -0.690. The van der Waals surface area contributed by atoms with E-state index in [2.05, 4.69) is 0 Å². The number of nitrogens with zero attached hydrogens (tertiary/aromatic N) is 1. The molecule has 0 aromatic heterocycles. The topological polar surface area (TPSA) is 90.2 Å². The van der Waals surface area contributed by atoms with E-state index in [0.29, 0.717) is 32.6 Å². The molecule has 0 amide bonds. The molecule has 0 saturated carbocycles. The molecule has 100 valence electrons. The van der Waals surface area contributed by atoms with Crippen molar-refractivity contribution in [3.8, 4) is 0 Å². The molecule has 0 aromatic carbocycles. The fourth-order valence-electron chi connectivity index (χ4n) is 2.10. The highest BCUT2D eigenvalue weighted by Crippen LogP contribution is 2.21. The van der Waals surface area contributed by atoms with E-state index < -0.39 is 17.7 Å². The van der Waals surface area contributed by atoms with Gasteiger partial charge in [0.25, 0.3) is 0 Å². The van der Waals surface area contributed by atoms with Gasteiger partial charge in [-0.15, -0.1) is 0 Å². The van der Waals surface area contributed by atoms with Crippen molar-refractivity contribution in [3.63, 3.8) is 0 Å². The molecule has 1 saturated heterocycles. The number of hydrogen-bond acceptors (Lipinski definition) is 5. The molecule has 0 aromatic rings. The maximum absolute atomic E-state index is 10.4. The lowest BCUT2D eigenvalue weighted by atomic mass is 9.94. The van der Waals surface area contributed by atoms with Gasteiger partial charge in [-0.3, -0.25) is 4.79 Å². The average molecular weight is 247 g/mol. The van der Waals surface area contributed by atoms with E-state index in [0.717, 1.165) is 0 Å². The van der Waals surface area contributed by atoms with Gasteiger partial charge in [-0.1, -0.05) is 0 Å². The maximum atomic E-state index is 10.4. The summed E-state index contributed by atoms with van der Waals surface area (Å²) in [6.07, 6.45) is -0.0223. The van der Waals surface area contributed by atoms with Crippen molar-refractivity contribution in [2.24, 2.45) is 0 Å². The van der Waals surface area contributed by atoms with Crippen LogP contribution in [0.15, 0.2) is 0 Å². The maximum Gasteiger partial charge on any atom is 0.306 e. The lowest BCUT2D eigenvalue weighted by Gasteiger charge is -2.35. The van der Waals surface area contributed by atoms with Gasteiger partial charge >= 0.3 is 5.97 Å². The van der Waals surface area contributed by atoms with Crippen molar-refractivity contribution in [3.05, 3.63) is 0 Å². The smallest absolute Gasteiger partial charge is 0.306 e. The van der Waals surface area contributed by atoms with Crippen molar-refractivity contribution in [2.45, 2.75) is 31.0 Å². The Morgan fingerprint density at radius 1 is 1.47 bits per heavy atom. The van der Waals surface area contributed by atoms with E-state index in [1.807, 2.05) is 0 Å². The first kappa shape index (κ1) is 14.4. The molecule has 1 rings (SSSR count). The largest absolute Gasteiger partial charge is 0.481 e. The summed E-state index contributed by atoms with van der Waals surface area (Å²) in [7, 11) is 1.76. The number of aliphatic hydroxyl groups excluding tert-OH is 1. The molecule has 0 spiro atoms. The third-order valence-corrected chi connectivity index (χ3v) is 2.92. The molecule has 0 bridgehead atoms. The minimum absolute atomic E-state index is 0.246. The fourth-order valence-corrected chi connectivity index (χ4v) is 2.10. The summed E-state index contributed by atoms with van der Waals surface area (Å²) < 4.78 is 5.17. The molecular weight excluding hydrogens is 226 g/mol. The van der Waals surface area contributed by atoms with Crippen molar-refractivity contribution < 1.29 is 24.9 Å². The molecule has 17 heavy (non-hydrogen) atoms. The Bertz CT molecular complexity index is 252. The van der Waals surface area contributed by atoms with E-state index in [-0.39, 0.29) is 13.0 Å². The van der Waals surface area contributed by atoms with Crippen LogP contribution in [0.25, 0.3) is 0 Å². The van der Waals surface area contributed by atoms with Gasteiger partial charge in [-0.25, -0.2) is 0 Å². The normalized spacial score (nSPS) is 21.4. The number of carboxylic acid groups (broad SMARTS) is 1. The van der Waals surface area contributed by atoms with Gasteiger partial charge in [0.15, 0.2) is 0 Å². The fraction of sp³-hybridized carbons (Fsp3) is 0.909. The van der Waals surface area contributed by atoms with Crippen LogP contribution in [0.5, 0.6) is 0 Å². The van der Waals surface area contributed by atoms with Gasteiger partial charge in [-0.2, -0.15) is 0 Å². The molecule has 0 radical (unpaired) electrons. The molecule has 1 aliphatic heterocycles. The first-order valence-corrected chi connectivity index (χ1v) is 5.80. The highest BCUT2D eigenvalue weighted by Gasteiger charge is 2.31. The Kier molecular flexibility index (Phi) is 5.32. The van der Waals surface area contributed by atoms with Crippen LogP contribution in [0.1, 0.15) is 19.3 Å². The molecule has 1 atom stereocenters. The van der Waals surface area contributed by atoms with Gasteiger partial charge in [0.1, 0.15) is 0 Å².